The predicted octanol–water partition coefficient (Wildman–Crippen LogP) is 1.97. The summed E-state index contributed by atoms with van der Waals surface area (Å²) in [6.45, 7) is 3.79. The summed E-state index contributed by atoms with van der Waals surface area (Å²) < 4.78 is 0. The van der Waals surface area contributed by atoms with Crippen molar-refractivity contribution >= 4 is 11.7 Å². The third kappa shape index (κ3) is 3.17. The first-order chi connectivity index (χ1) is 10.0. The van der Waals surface area contributed by atoms with E-state index in [1.54, 1.807) is 4.90 Å². The molecule has 0 aromatic carbocycles. The second kappa shape index (κ2) is 5.62. The van der Waals surface area contributed by atoms with Crippen LogP contribution < -0.4 is 4.90 Å². The lowest BCUT2D eigenvalue weighted by Crippen LogP contribution is -2.43. The maximum atomic E-state index is 12.2. The third-order valence-corrected chi connectivity index (χ3v) is 4.34. The topological polar surface area (TPSA) is 49.3 Å². The number of aromatic nitrogens is 2. The molecule has 1 aromatic heterocycles. The predicted molar refractivity (Wildman–Crippen MR) is 82.4 cm³/mol. The molecule has 21 heavy (non-hydrogen) atoms. The quantitative estimate of drug-likeness (QED) is 0.853. The Bertz CT molecular complexity index is 539. The molecule has 2 fully saturated rings. The van der Waals surface area contributed by atoms with E-state index in [1.165, 1.54) is 12.8 Å². The van der Waals surface area contributed by atoms with Gasteiger partial charge in [-0.3, -0.25) is 4.79 Å². The maximum absolute atomic E-state index is 12.2. The van der Waals surface area contributed by atoms with Crippen LogP contribution in [0.2, 0.25) is 0 Å². The summed E-state index contributed by atoms with van der Waals surface area (Å²) in [4.78, 5) is 25.5. The van der Waals surface area contributed by atoms with Gasteiger partial charge in [-0.25, -0.2) is 9.97 Å². The van der Waals surface area contributed by atoms with E-state index >= 15 is 0 Å². The minimum Gasteiger partial charge on any atom is -0.356 e. The lowest BCUT2D eigenvalue weighted by atomic mass is 9.96. The van der Waals surface area contributed by atoms with Gasteiger partial charge in [-0.1, -0.05) is 0 Å². The normalized spacial score (nSPS) is 22.2. The number of piperidine rings is 1. The number of carbonyl (C=O) groups is 1. The molecule has 5 nitrogen and oxygen atoms in total. The highest BCUT2D eigenvalue weighted by atomic mass is 16.2. The van der Waals surface area contributed by atoms with E-state index in [4.69, 9.17) is 4.98 Å². The van der Waals surface area contributed by atoms with Crippen molar-refractivity contribution in [3.63, 3.8) is 0 Å². The molecule has 1 saturated heterocycles. The Balaban J connectivity index is 1.78. The third-order valence-electron chi connectivity index (χ3n) is 4.34. The highest BCUT2D eigenvalue weighted by molar-refractivity contribution is 5.79. The summed E-state index contributed by atoms with van der Waals surface area (Å²) in [5.74, 6) is 2.88. The largest absolute Gasteiger partial charge is 0.356 e. The summed E-state index contributed by atoms with van der Waals surface area (Å²) >= 11 is 0. The SMILES string of the molecule is Cc1cc(N2CCCC(C(=O)N(C)C)C2)nc(C2CC2)n1. The van der Waals surface area contributed by atoms with E-state index in [9.17, 15) is 4.79 Å². The van der Waals surface area contributed by atoms with Gasteiger partial charge in [-0.2, -0.15) is 0 Å². The van der Waals surface area contributed by atoms with Crippen molar-refractivity contribution in [1.82, 2.24) is 14.9 Å². The summed E-state index contributed by atoms with van der Waals surface area (Å²) in [7, 11) is 3.67. The van der Waals surface area contributed by atoms with Gasteiger partial charge in [0.05, 0.1) is 5.92 Å². The van der Waals surface area contributed by atoms with Crippen LogP contribution in [-0.2, 0) is 4.79 Å². The number of nitrogens with zero attached hydrogens (tertiary/aromatic N) is 4. The monoisotopic (exact) mass is 288 g/mol. The van der Waals surface area contributed by atoms with Crippen LogP contribution in [0, 0.1) is 12.8 Å². The van der Waals surface area contributed by atoms with Crippen LogP contribution in [-0.4, -0.2) is 48.0 Å². The number of rotatable bonds is 3. The molecule has 3 rings (SSSR count). The van der Waals surface area contributed by atoms with Gasteiger partial charge in [0.15, 0.2) is 0 Å². The summed E-state index contributed by atoms with van der Waals surface area (Å²) in [5, 5.41) is 0. The molecule has 1 atom stereocenters. The lowest BCUT2D eigenvalue weighted by Gasteiger charge is -2.34. The van der Waals surface area contributed by atoms with Crippen molar-refractivity contribution < 1.29 is 4.79 Å². The maximum Gasteiger partial charge on any atom is 0.226 e. The number of amides is 1. The van der Waals surface area contributed by atoms with Crippen molar-refractivity contribution in [2.45, 2.75) is 38.5 Å². The summed E-state index contributed by atoms with van der Waals surface area (Å²) in [6, 6.07) is 2.05. The number of carbonyl (C=O) groups excluding carboxylic acids is 1. The summed E-state index contributed by atoms with van der Waals surface area (Å²) in [6.07, 6.45) is 4.45. The highest BCUT2D eigenvalue weighted by Crippen LogP contribution is 2.38. The minimum absolute atomic E-state index is 0.0911. The second-order valence-electron chi connectivity index (χ2n) is 6.52. The van der Waals surface area contributed by atoms with Gasteiger partial charge >= 0.3 is 0 Å². The van der Waals surface area contributed by atoms with E-state index < -0.39 is 0 Å². The molecular formula is C16H24N4O. The summed E-state index contributed by atoms with van der Waals surface area (Å²) in [5.41, 5.74) is 1.03. The van der Waals surface area contributed by atoms with Gasteiger partial charge in [0, 0.05) is 44.9 Å². The first-order valence-corrected chi connectivity index (χ1v) is 7.86. The van der Waals surface area contributed by atoms with E-state index in [-0.39, 0.29) is 11.8 Å². The molecule has 1 aliphatic carbocycles. The van der Waals surface area contributed by atoms with Crippen LogP contribution in [0.1, 0.15) is 43.1 Å². The number of hydrogen-bond acceptors (Lipinski definition) is 4. The zero-order valence-corrected chi connectivity index (χ0v) is 13.2. The molecule has 2 aliphatic rings. The molecule has 114 valence electrons. The standard InChI is InChI=1S/C16H24N4O/c1-11-9-14(18-15(17-11)12-6-7-12)20-8-4-5-13(10-20)16(21)19(2)3/h9,12-13H,4-8,10H2,1-3H3. The van der Waals surface area contributed by atoms with Gasteiger partial charge < -0.3 is 9.80 Å². The van der Waals surface area contributed by atoms with Gasteiger partial charge in [-0.15, -0.1) is 0 Å². The lowest BCUT2D eigenvalue weighted by molar-refractivity contribution is -0.133. The van der Waals surface area contributed by atoms with Crippen molar-refractivity contribution in [1.29, 1.82) is 0 Å². The van der Waals surface area contributed by atoms with Crippen molar-refractivity contribution in [3.8, 4) is 0 Å². The average Bonchev–Trinajstić information content (AvgIpc) is 3.30. The fourth-order valence-corrected chi connectivity index (χ4v) is 3.01. The molecule has 0 spiro atoms. The van der Waals surface area contributed by atoms with Crippen LogP contribution in [0.3, 0.4) is 0 Å². The zero-order valence-electron chi connectivity index (χ0n) is 13.2. The van der Waals surface area contributed by atoms with Crippen molar-refractivity contribution in [2.75, 3.05) is 32.1 Å². The van der Waals surface area contributed by atoms with Gasteiger partial charge in [0.25, 0.3) is 0 Å². The molecule has 2 heterocycles. The van der Waals surface area contributed by atoms with E-state index in [2.05, 4.69) is 9.88 Å². The van der Waals surface area contributed by atoms with Gasteiger partial charge in [0.1, 0.15) is 11.6 Å². The molecule has 1 aliphatic heterocycles. The van der Waals surface area contributed by atoms with Crippen LogP contribution in [0.15, 0.2) is 6.07 Å². The second-order valence-corrected chi connectivity index (χ2v) is 6.52. The van der Waals surface area contributed by atoms with Crippen LogP contribution in [0.5, 0.6) is 0 Å². The zero-order chi connectivity index (χ0) is 15.0. The molecule has 0 N–H and O–H groups in total. The van der Waals surface area contributed by atoms with Gasteiger partial charge in [-0.05, 0) is 32.6 Å². The van der Waals surface area contributed by atoms with Crippen molar-refractivity contribution in [3.05, 3.63) is 17.6 Å². The molecule has 1 amide bonds. The Morgan fingerprint density at radius 2 is 2.05 bits per heavy atom. The molecule has 0 radical (unpaired) electrons. The molecule has 1 unspecified atom stereocenters. The Morgan fingerprint density at radius 1 is 1.29 bits per heavy atom. The van der Waals surface area contributed by atoms with Gasteiger partial charge in [0.2, 0.25) is 5.91 Å². The Morgan fingerprint density at radius 3 is 2.71 bits per heavy atom. The molecule has 1 saturated carbocycles. The first-order valence-electron chi connectivity index (χ1n) is 7.86. The van der Waals surface area contributed by atoms with Crippen LogP contribution >= 0.6 is 0 Å². The highest BCUT2D eigenvalue weighted by Gasteiger charge is 2.30. The number of hydrogen-bond donors (Lipinski definition) is 0. The molecule has 5 heteroatoms. The number of aryl methyl sites for hydroxylation is 1. The Hall–Kier alpha value is -1.65. The van der Waals surface area contributed by atoms with E-state index in [1.807, 2.05) is 27.1 Å². The number of anilines is 1. The fraction of sp³-hybridized carbons (Fsp3) is 0.688. The average molecular weight is 288 g/mol. The van der Waals surface area contributed by atoms with E-state index in [0.717, 1.165) is 43.3 Å². The molecule has 1 aromatic rings. The Kier molecular flexibility index (Phi) is 3.83. The van der Waals surface area contributed by atoms with Crippen LogP contribution in [0.25, 0.3) is 0 Å². The fourth-order valence-electron chi connectivity index (χ4n) is 3.01. The Labute approximate surface area is 126 Å². The van der Waals surface area contributed by atoms with E-state index in [0.29, 0.717) is 5.92 Å². The molecule has 0 bridgehead atoms. The first kappa shape index (κ1) is 14.3. The van der Waals surface area contributed by atoms with Crippen LogP contribution in [0.4, 0.5) is 5.82 Å². The molecular weight excluding hydrogens is 264 g/mol. The van der Waals surface area contributed by atoms with Crippen molar-refractivity contribution in [2.24, 2.45) is 5.92 Å². The minimum atomic E-state index is 0.0911. The smallest absolute Gasteiger partial charge is 0.226 e.